The van der Waals surface area contributed by atoms with Crippen molar-refractivity contribution in [2.45, 2.75) is 96.8 Å². The molecule has 1 aromatic carbocycles. The number of rotatable bonds is 18. The van der Waals surface area contributed by atoms with Gasteiger partial charge in [0.25, 0.3) is 0 Å². The Morgan fingerprint density at radius 3 is 2.00 bits per heavy atom. The molecular weight excluding hydrogens is 406 g/mol. The molecule has 0 aliphatic carbocycles. The summed E-state index contributed by atoms with van der Waals surface area (Å²) in [5.41, 5.74) is 3.57. The predicted octanol–water partition coefficient (Wildman–Crippen LogP) is 6.68. The molecule has 0 fully saturated rings. The maximum absolute atomic E-state index is 9.76. The minimum Gasteiger partial charge on any atom is -0.504 e. The molecule has 0 amide bonds. The summed E-state index contributed by atoms with van der Waals surface area (Å²) in [5.74, 6) is 0.528. The van der Waals surface area contributed by atoms with Crippen LogP contribution in [0.2, 0.25) is 0 Å². The van der Waals surface area contributed by atoms with E-state index >= 15 is 0 Å². The molecule has 0 radical (unpaired) electrons. The van der Waals surface area contributed by atoms with Crippen molar-refractivity contribution in [3.05, 3.63) is 23.8 Å². The van der Waals surface area contributed by atoms with Gasteiger partial charge in [0.1, 0.15) is 0 Å². The van der Waals surface area contributed by atoms with Gasteiger partial charge < -0.3 is 15.2 Å². The van der Waals surface area contributed by atoms with E-state index in [1.54, 1.807) is 18.3 Å². The summed E-state index contributed by atoms with van der Waals surface area (Å²) in [5, 5.41) is 17.5. The maximum Gasteiger partial charge on any atom is 0.186 e. The van der Waals surface area contributed by atoms with Crippen LogP contribution >= 0.6 is 12.2 Å². The molecule has 31 heavy (non-hydrogen) atoms. The first-order chi connectivity index (χ1) is 15.2. The molecule has 0 aliphatic heterocycles. The lowest BCUT2D eigenvalue weighted by atomic mass is 10.0. The maximum atomic E-state index is 9.76. The largest absolute Gasteiger partial charge is 0.504 e. The molecule has 1 aromatic rings. The predicted molar refractivity (Wildman–Crippen MR) is 136 cm³/mol. The van der Waals surface area contributed by atoms with E-state index in [1.165, 1.54) is 90.6 Å². The Labute approximate surface area is 195 Å². The molecule has 0 unspecified atom stereocenters. The number of benzene rings is 1. The first-order valence-corrected chi connectivity index (χ1v) is 12.5. The number of hydrogen-bond donors (Lipinski definition) is 3. The van der Waals surface area contributed by atoms with Crippen LogP contribution in [0.3, 0.4) is 0 Å². The second-order valence-electron chi connectivity index (χ2n) is 8.15. The third-order valence-electron chi connectivity index (χ3n) is 5.40. The van der Waals surface area contributed by atoms with Crippen molar-refractivity contribution < 1.29 is 9.84 Å². The number of thiocarbonyl (C=S) groups is 1. The van der Waals surface area contributed by atoms with Crippen LogP contribution in [0.25, 0.3) is 0 Å². The van der Waals surface area contributed by atoms with Crippen molar-refractivity contribution in [1.29, 1.82) is 0 Å². The van der Waals surface area contributed by atoms with Crippen molar-refractivity contribution in [3.8, 4) is 11.5 Å². The van der Waals surface area contributed by atoms with E-state index < -0.39 is 0 Å². The highest BCUT2D eigenvalue weighted by Gasteiger charge is 2.01. The number of ether oxygens (including phenoxy) is 1. The lowest BCUT2D eigenvalue weighted by molar-refractivity contribution is 0.373. The minimum atomic E-state index is 0.0879. The van der Waals surface area contributed by atoms with E-state index in [4.69, 9.17) is 17.0 Å². The van der Waals surface area contributed by atoms with Crippen LogP contribution in [-0.2, 0) is 0 Å². The Morgan fingerprint density at radius 2 is 1.48 bits per heavy atom. The Kier molecular flexibility index (Phi) is 16.6. The van der Waals surface area contributed by atoms with Gasteiger partial charge in [-0.05, 0) is 42.4 Å². The number of phenolic OH excluding ortho intramolecular Hbond substituents is 1. The number of nitrogens with one attached hydrogen (secondary N) is 2. The second-order valence-corrected chi connectivity index (χ2v) is 8.56. The molecule has 176 valence electrons. The summed E-state index contributed by atoms with van der Waals surface area (Å²) in [6, 6.07) is 5.10. The van der Waals surface area contributed by atoms with Gasteiger partial charge in [0.2, 0.25) is 0 Å². The third-order valence-corrected chi connectivity index (χ3v) is 5.63. The number of aromatic hydroxyl groups is 1. The highest BCUT2D eigenvalue weighted by molar-refractivity contribution is 7.80. The first kappa shape index (κ1) is 27.2. The normalized spacial score (nSPS) is 11.0. The van der Waals surface area contributed by atoms with Crippen LogP contribution in [0.4, 0.5) is 0 Å². The number of hydrogen-bond acceptors (Lipinski definition) is 4. The number of unbranched alkanes of at least 4 members (excludes halogenated alkanes) is 13. The molecule has 0 aromatic heterocycles. The van der Waals surface area contributed by atoms with Gasteiger partial charge in [0.15, 0.2) is 16.6 Å². The van der Waals surface area contributed by atoms with E-state index in [1.807, 2.05) is 6.07 Å². The Bertz CT molecular complexity index is 623. The van der Waals surface area contributed by atoms with E-state index in [0.717, 1.165) is 18.5 Å². The second kappa shape index (κ2) is 18.9. The van der Waals surface area contributed by atoms with E-state index in [2.05, 4.69) is 22.8 Å². The first-order valence-electron chi connectivity index (χ1n) is 12.1. The van der Waals surface area contributed by atoms with Crippen LogP contribution in [0.1, 0.15) is 102 Å². The lowest BCUT2D eigenvalue weighted by Gasteiger charge is -2.07. The number of phenols is 1. The molecule has 0 heterocycles. The van der Waals surface area contributed by atoms with Gasteiger partial charge in [0.05, 0.1) is 13.3 Å². The van der Waals surface area contributed by atoms with Crippen LogP contribution in [0, 0.1) is 0 Å². The molecule has 3 N–H and O–H groups in total. The summed E-state index contributed by atoms with van der Waals surface area (Å²) in [6.07, 6.45) is 20.7. The van der Waals surface area contributed by atoms with Crippen molar-refractivity contribution in [2.24, 2.45) is 5.10 Å². The highest BCUT2D eigenvalue weighted by Crippen LogP contribution is 2.25. The summed E-state index contributed by atoms with van der Waals surface area (Å²) < 4.78 is 5.02. The quantitative estimate of drug-likeness (QED) is 0.101. The van der Waals surface area contributed by atoms with Gasteiger partial charge in [-0.15, -0.1) is 0 Å². The SMILES string of the molecule is CCCCCCCCCCCCCCCCNC(=S)N/N=C/c1ccc(OC)c(O)c1. The van der Waals surface area contributed by atoms with Crippen molar-refractivity contribution >= 4 is 23.5 Å². The number of nitrogens with zero attached hydrogens (tertiary/aromatic N) is 1. The van der Waals surface area contributed by atoms with Gasteiger partial charge in [-0.3, -0.25) is 5.43 Å². The van der Waals surface area contributed by atoms with Gasteiger partial charge in [0, 0.05) is 6.54 Å². The summed E-state index contributed by atoms with van der Waals surface area (Å²) in [6.45, 7) is 3.14. The topological polar surface area (TPSA) is 65.9 Å². The molecule has 0 saturated carbocycles. The van der Waals surface area contributed by atoms with Crippen LogP contribution in [-0.4, -0.2) is 30.1 Å². The van der Waals surface area contributed by atoms with Crippen molar-refractivity contribution in [3.63, 3.8) is 0 Å². The summed E-state index contributed by atoms with van der Waals surface area (Å²) in [7, 11) is 1.52. The van der Waals surface area contributed by atoms with Gasteiger partial charge in [-0.2, -0.15) is 5.10 Å². The third kappa shape index (κ3) is 14.8. The molecule has 0 saturated heterocycles. The fourth-order valence-corrected chi connectivity index (χ4v) is 3.67. The highest BCUT2D eigenvalue weighted by atomic mass is 32.1. The van der Waals surface area contributed by atoms with Gasteiger partial charge in [-0.1, -0.05) is 90.4 Å². The van der Waals surface area contributed by atoms with Gasteiger partial charge in [-0.25, -0.2) is 0 Å². The molecule has 1 rings (SSSR count). The molecule has 5 nitrogen and oxygen atoms in total. The molecular formula is C25H43N3O2S. The molecule has 0 atom stereocenters. The fourth-order valence-electron chi connectivity index (χ4n) is 3.51. The molecule has 0 bridgehead atoms. The van der Waals surface area contributed by atoms with E-state index in [0.29, 0.717) is 10.9 Å². The minimum absolute atomic E-state index is 0.0879. The molecule has 0 spiro atoms. The average Bonchev–Trinajstić information content (AvgIpc) is 2.76. The number of methoxy groups -OCH3 is 1. The Hall–Kier alpha value is -1.82. The van der Waals surface area contributed by atoms with Crippen LogP contribution in [0.15, 0.2) is 23.3 Å². The average molecular weight is 450 g/mol. The Balaban J connectivity index is 1.91. The smallest absolute Gasteiger partial charge is 0.186 e. The Morgan fingerprint density at radius 1 is 0.935 bits per heavy atom. The molecule has 0 aliphatic rings. The fraction of sp³-hybridized carbons (Fsp3) is 0.680. The zero-order valence-corrected chi connectivity index (χ0v) is 20.4. The van der Waals surface area contributed by atoms with Gasteiger partial charge >= 0.3 is 0 Å². The van der Waals surface area contributed by atoms with Crippen LogP contribution in [0.5, 0.6) is 11.5 Å². The molecule has 6 heteroatoms. The summed E-state index contributed by atoms with van der Waals surface area (Å²) >= 11 is 5.23. The van der Waals surface area contributed by atoms with E-state index in [-0.39, 0.29) is 5.75 Å². The lowest BCUT2D eigenvalue weighted by Crippen LogP contribution is -2.32. The van der Waals surface area contributed by atoms with Crippen LogP contribution < -0.4 is 15.5 Å². The summed E-state index contributed by atoms with van der Waals surface area (Å²) in [4.78, 5) is 0. The van der Waals surface area contributed by atoms with Crippen molar-refractivity contribution in [2.75, 3.05) is 13.7 Å². The standard InChI is InChI=1S/C25H43N3O2S/c1-3-4-5-6-7-8-9-10-11-12-13-14-15-16-19-26-25(31)28-27-21-22-17-18-24(30-2)23(29)20-22/h17-18,20-21,29H,3-16,19H2,1-2H3,(H2,26,28,31)/b27-21+. The zero-order chi connectivity index (χ0) is 22.6. The number of hydrazone groups is 1. The monoisotopic (exact) mass is 449 g/mol. The zero-order valence-electron chi connectivity index (χ0n) is 19.6. The van der Waals surface area contributed by atoms with E-state index in [9.17, 15) is 5.11 Å². The van der Waals surface area contributed by atoms with Crippen molar-refractivity contribution in [1.82, 2.24) is 10.7 Å².